The fraction of sp³-hybridized carbons (Fsp3) is 0.290. The van der Waals surface area contributed by atoms with E-state index in [-0.39, 0.29) is 30.2 Å². The van der Waals surface area contributed by atoms with Crippen LogP contribution >= 0.6 is 0 Å². The maximum atomic E-state index is 14.9. The number of rotatable bonds is 9. The molecule has 12 heteroatoms. The first-order valence-electron chi connectivity index (χ1n) is 13.1. The first-order valence-corrected chi connectivity index (χ1v) is 13.1. The highest BCUT2D eigenvalue weighted by Gasteiger charge is 2.51. The number of methoxy groups -OCH3 is 1. The predicted octanol–water partition coefficient (Wildman–Crippen LogP) is 7.04. The number of amides is 2. The first-order chi connectivity index (χ1) is 20.2. The number of halogens is 7. The van der Waals surface area contributed by atoms with E-state index in [0.717, 1.165) is 31.4 Å². The highest BCUT2D eigenvalue weighted by atomic mass is 19.4. The summed E-state index contributed by atoms with van der Waals surface area (Å²) >= 11 is 0. The van der Waals surface area contributed by atoms with Gasteiger partial charge in [0.05, 0.1) is 30.8 Å². The third-order valence-electron chi connectivity index (χ3n) is 7.24. The van der Waals surface area contributed by atoms with E-state index >= 15 is 0 Å². The average molecular weight is 609 g/mol. The fourth-order valence-electron chi connectivity index (χ4n) is 5.24. The van der Waals surface area contributed by atoms with Crippen LogP contribution in [0, 0.1) is 11.6 Å². The highest BCUT2D eigenvalue weighted by molar-refractivity contribution is 5.90. The van der Waals surface area contributed by atoms with E-state index in [1.165, 1.54) is 6.08 Å². The number of likely N-dealkylation sites (tertiary alicyclic amines) is 1. The Balaban J connectivity index is 1.98. The summed E-state index contributed by atoms with van der Waals surface area (Å²) in [5, 5.41) is 2.56. The normalized spacial score (nSPS) is 17.7. The average Bonchev–Trinajstić information content (AvgIpc) is 3.28. The van der Waals surface area contributed by atoms with E-state index in [9.17, 15) is 40.3 Å². The van der Waals surface area contributed by atoms with Crippen LogP contribution in [0.2, 0.25) is 0 Å². The van der Waals surface area contributed by atoms with Gasteiger partial charge in [-0.3, -0.25) is 4.79 Å². The molecule has 1 saturated heterocycles. The van der Waals surface area contributed by atoms with Gasteiger partial charge in [-0.15, -0.1) is 6.58 Å². The Bertz CT molecular complexity index is 1510. The van der Waals surface area contributed by atoms with Gasteiger partial charge in [-0.05, 0) is 47.0 Å². The molecule has 0 saturated carbocycles. The number of ether oxygens (including phenoxy) is 1. The molecule has 2 amide bonds. The molecule has 0 aromatic heterocycles. The van der Waals surface area contributed by atoms with Crippen molar-refractivity contribution in [2.45, 2.75) is 42.9 Å². The molecule has 0 bridgehead atoms. The second kappa shape index (κ2) is 12.1. The van der Waals surface area contributed by atoms with Crippen LogP contribution in [0.3, 0.4) is 0 Å². The zero-order valence-electron chi connectivity index (χ0n) is 22.9. The molecule has 0 radical (unpaired) electrons. The van der Waals surface area contributed by atoms with Gasteiger partial charge >= 0.3 is 12.2 Å². The Morgan fingerprint density at radius 1 is 1.02 bits per heavy atom. The smallest absolute Gasteiger partial charge is 0.416 e. The summed E-state index contributed by atoms with van der Waals surface area (Å²) in [6.07, 6.45) is -5.41. The molecule has 43 heavy (non-hydrogen) atoms. The number of hydrogen-bond acceptors (Lipinski definition) is 3. The number of Topliss-reactive ketones (excluding diaryl/α,β-unsaturated/α-hetero) is 1. The van der Waals surface area contributed by atoms with Crippen molar-refractivity contribution < 1.29 is 45.1 Å². The van der Waals surface area contributed by atoms with Crippen LogP contribution in [-0.4, -0.2) is 42.3 Å². The number of nitrogens with zero attached hydrogens (tertiary/aromatic N) is 1. The van der Waals surface area contributed by atoms with Crippen molar-refractivity contribution in [2.24, 2.45) is 0 Å². The summed E-state index contributed by atoms with van der Waals surface area (Å²) in [7, 11) is 1.14. The van der Waals surface area contributed by atoms with Crippen molar-refractivity contribution in [1.82, 2.24) is 10.2 Å². The molecule has 0 unspecified atom stereocenters. The van der Waals surface area contributed by atoms with Crippen molar-refractivity contribution in [3.8, 4) is 5.75 Å². The first kappa shape index (κ1) is 31.6. The molecule has 5 nitrogen and oxygen atoms in total. The zero-order chi connectivity index (χ0) is 31.6. The predicted molar refractivity (Wildman–Crippen MR) is 144 cm³/mol. The SMILES string of the molecule is C=CCC(=O)[C@@H]1CC(F)(F)CN1C(=O)N[C@@](Cc1ccccc1)(c1cc(F)cc(C(F)(F)F)c1)c1ccc(F)c(OC)c1. The maximum Gasteiger partial charge on any atom is 0.416 e. The Labute approximate surface area is 242 Å². The molecular weight excluding hydrogens is 581 g/mol. The van der Waals surface area contributed by atoms with Crippen molar-refractivity contribution in [3.05, 3.63) is 113 Å². The molecule has 1 aliphatic rings. The highest BCUT2D eigenvalue weighted by Crippen LogP contribution is 2.41. The number of urea groups is 1. The van der Waals surface area contributed by atoms with Crippen LogP contribution < -0.4 is 10.1 Å². The molecular formula is C31H27F7N2O3. The van der Waals surface area contributed by atoms with E-state index < -0.39 is 71.2 Å². The van der Waals surface area contributed by atoms with Crippen molar-refractivity contribution in [2.75, 3.05) is 13.7 Å². The Kier molecular flexibility index (Phi) is 8.89. The number of carbonyl (C=O) groups is 2. The van der Waals surface area contributed by atoms with Crippen molar-refractivity contribution in [1.29, 1.82) is 0 Å². The number of allylic oxidation sites excluding steroid dienone is 1. The van der Waals surface area contributed by atoms with Crippen LogP contribution in [-0.2, 0) is 22.9 Å². The molecule has 1 N–H and O–H groups in total. The molecule has 1 aliphatic heterocycles. The molecule has 0 aliphatic carbocycles. The van der Waals surface area contributed by atoms with Crippen LogP contribution in [0.5, 0.6) is 5.75 Å². The topological polar surface area (TPSA) is 58.6 Å². The summed E-state index contributed by atoms with van der Waals surface area (Å²) in [5.74, 6) is -6.64. The van der Waals surface area contributed by atoms with Gasteiger partial charge in [-0.1, -0.05) is 42.5 Å². The molecule has 4 rings (SSSR count). The van der Waals surface area contributed by atoms with E-state index in [1.807, 2.05) is 0 Å². The number of benzene rings is 3. The van der Waals surface area contributed by atoms with Gasteiger partial charge < -0.3 is 15.0 Å². The second-order valence-corrected chi connectivity index (χ2v) is 10.2. The van der Waals surface area contributed by atoms with Crippen LogP contribution in [0.25, 0.3) is 0 Å². The lowest BCUT2D eigenvalue weighted by molar-refractivity contribution is -0.137. The summed E-state index contributed by atoms with van der Waals surface area (Å²) in [5.41, 5.74) is -3.50. The zero-order valence-corrected chi connectivity index (χ0v) is 22.9. The van der Waals surface area contributed by atoms with Gasteiger partial charge in [0.2, 0.25) is 0 Å². The summed E-state index contributed by atoms with van der Waals surface area (Å²) < 4.78 is 105. The summed E-state index contributed by atoms with van der Waals surface area (Å²) in [6.45, 7) is 2.27. The number of carbonyl (C=O) groups excluding carboxylic acids is 2. The molecule has 0 spiro atoms. The van der Waals surface area contributed by atoms with Crippen LogP contribution in [0.1, 0.15) is 35.1 Å². The quantitative estimate of drug-likeness (QED) is 0.209. The van der Waals surface area contributed by atoms with Gasteiger partial charge in [-0.2, -0.15) is 13.2 Å². The standard InChI is InChI=1S/C31H27F7N2O3/c1-3-7-26(41)25-17-29(34,35)18-40(25)28(42)39-30(16-19-8-5-4-6-9-19,20-10-11-24(33)27(15-20)43-2)21-12-22(31(36,37)38)14-23(32)13-21/h3-6,8-15,25H,1,7,16-18H2,2H3,(H,39,42)/t25-,30+/m0/s1. The lowest BCUT2D eigenvalue weighted by atomic mass is 9.77. The maximum absolute atomic E-state index is 14.9. The summed E-state index contributed by atoms with van der Waals surface area (Å²) in [6, 6.07) is 10.2. The van der Waals surface area contributed by atoms with Gasteiger partial charge in [-0.25, -0.2) is 22.4 Å². The third-order valence-corrected chi connectivity index (χ3v) is 7.24. The van der Waals surface area contributed by atoms with E-state index in [1.54, 1.807) is 30.3 Å². The fourth-order valence-corrected chi connectivity index (χ4v) is 5.24. The molecule has 1 fully saturated rings. The molecule has 2 atom stereocenters. The minimum Gasteiger partial charge on any atom is -0.494 e. The lowest BCUT2D eigenvalue weighted by Gasteiger charge is -2.39. The monoisotopic (exact) mass is 608 g/mol. The van der Waals surface area contributed by atoms with Crippen molar-refractivity contribution >= 4 is 11.8 Å². The molecule has 228 valence electrons. The third kappa shape index (κ3) is 6.84. The summed E-state index contributed by atoms with van der Waals surface area (Å²) in [4.78, 5) is 27.2. The minimum atomic E-state index is -5.00. The number of hydrogen-bond donors (Lipinski definition) is 1. The number of alkyl halides is 5. The Morgan fingerprint density at radius 3 is 2.33 bits per heavy atom. The van der Waals surface area contributed by atoms with Gasteiger partial charge in [0.1, 0.15) is 5.82 Å². The Morgan fingerprint density at radius 2 is 1.70 bits per heavy atom. The van der Waals surface area contributed by atoms with Crippen LogP contribution in [0.4, 0.5) is 35.5 Å². The Hall–Kier alpha value is -4.35. The van der Waals surface area contributed by atoms with Crippen LogP contribution in [0.15, 0.2) is 79.4 Å². The van der Waals surface area contributed by atoms with Gasteiger partial charge in [0.25, 0.3) is 5.92 Å². The van der Waals surface area contributed by atoms with E-state index in [2.05, 4.69) is 11.9 Å². The van der Waals surface area contributed by atoms with Gasteiger partial charge in [0.15, 0.2) is 17.3 Å². The largest absolute Gasteiger partial charge is 0.494 e. The number of nitrogens with one attached hydrogen (secondary N) is 1. The lowest BCUT2D eigenvalue weighted by Crippen LogP contribution is -2.55. The van der Waals surface area contributed by atoms with Gasteiger partial charge in [0, 0.05) is 19.3 Å². The van der Waals surface area contributed by atoms with Crippen molar-refractivity contribution in [3.63, 3.8) is 0 Å². The molecule has 1 heterocycles. The molecule has 3 aromatic carbocycles. The van der Waals surface area contributed by atoms with E-state index in [4.69, 9.17) is 4.74 Å². The van der Waals surface area contributed by atoms with E-state index in [0.29, 0.717) is 16.5 Å². The number of ketones is 1. The minimum absolute atomic E-state index is 0.0402. The molecule has 3 aromatic rings. The second-order valence-electron chi connectivity index (χ2n) is 10.2.